The summed E-state index contributed by atoms with van der Waals surface area (Å²) in [5.41, 5.74) is -0.172. The van der Waals surface area contributed by atoms with Gasteiger partial charge in [-0.05, 0) is 18.2 Å². The van der Waals surface area contributed by atoms with Crippen molar-refractivity contribution in [3.8, 4) is 5.75 Å². The Balaban J connectivity index is 2.52. The molecule has 2 aromatic rings. The first-order valence-corrected chi connectivity index (χ1v) is 5.72. The number of carbonyl (C=O) groups excluding carboxylic acids is 1. The zero-order valence-electron chi connectivity index (χ0n) is 10.9. The molecule has 0 saturated heterocycles. The van der Waals surface area contributed by atoms with Crippen LogP contribution in [0.3, 0.4) is 0 Å². The maximum Gasteiger partial charge on any atom is 0.352 e. The molecule has 0 aliphatic carbocycles. The molecule has 1 heterocycles. The number of benzene rings is 1. The van der Waals surface area contributed by atoms with Crippen LogP contribution in [0.2, 0.25) is 0 Å². The highest BCUT2D eigenvalue weighted by Crippen LogP contribution is 2.25. The van der Waals surface area contributed by atoms with Gasteiger partial charge in [-0.25, -0.2) is 9.18 Å². The molecule has 0 bridgehead atoms. The van der Waals surface area contributed by atoms with E-state index < -0.39 is 17.6 Å². The van der Waals surface area contributed by atoms with Gasteiger partial charge in [-0.2, -0.15) is 0 Å². The van der Waals surface area contributed by atoms with Crippen LogP contribution in [0.25, 0.3) is 0 Å². The second-order valence-electron chi connectivity index (χ2n) is 4.18. The number of carboxylic acid groups (broad SMARTS) is 1. The Kier molecular flexibility index (Phi) is 3.56. The Morgan fingerprint density at radius 3 is 2.60 bits per heavy atom. The third-order valence-electron chi connectivity index (χ3n) is 2.91. The molecule has 5 nitrogen and oxygen atoms in total. The number of ketones is 1. The van der Waals surface area contributed by atoms with Gasteiger partial charge in [0, 0.05) is 18.8 Å². The van der Waals surface area contributed by atoms with E-state index in [1.807, 2.05) is 0 Å². The molecule has 0 atom stereocenters. The van der Waals surface area contributed by atoms with Crippen LogP contribution in [0.4, 0.5) is 4.39 Å². The lowest BCUT2D eigenvalue weighted by Crippen LogP contribution is -2.06. The van der Waals surface area contributed by atoms with Crippen LogP contribution in [0.1, 0.15) is 26.4 Å². The molecule has 104 valence electrons. The minimum absolute atomic E-state index is 0.0522. The number of rotatable bonds is 4. The molecule has 0 aliphatic rings. The van der Waals surface area contributed by atoms with Crippen LogP contribution in [0.5, 0.6) is 5.75 Å². The maximum atomic E-state index is 13.8. The summed E-state index contributed by atoms with van der Waals surface area (Å²) in [5, 5.41) is 8.96. The highest BCUT2D eigenvalue weighted by Gasteiger charge is 2.22. The van der Waals surface area contributed by atoms with E-state index in [2.05, 4.69) is 0 Å². The third-order valence-corrected chi connectivity index (χ3v) is 2.91. The Hall–Kier alpha value is -2.63. The van der Waals surface area contributed by atoms with Gasteiger partial charge in [-0.3, -0.25) is 4.79 Å². The number of aromatic nitrogens is 1. The largest absolute Gasteiger partial charge is 0.496 e. The number of carbonyl (C=O) groups is 2. The maximum absolute atomic E-state index is 13.8. The SMILES string of the molecule is COc1cccc(F)c1C(=O)c1cc(C(=O)O)n(C)c1. The van der Waals surface area contributed by atoms with E-state index in [0.717, 1.165) is 6.07 Å². The Morgan fingerprint density at radius 2 is 2.05 bits per heavy atom. The van der Waals surface area contributed by atoms with Crippen molar-refractivity contribution < 1.29 is 23.8 Å². The minimum Gasteiger partial charge on any atom is -0.496 e. The van der Waals surface area contributed by atoms with Crippen LogP contribution in [-0.4, -0.2) is 28.5 Å². The molecule has 6 heteroatoms. The van der Waals surface area contributed by atoms with Crippen molar-refractivity contribution in [3.63, 3.8) is 0 Å². The lowest BCUT2D eigenvalue weighted by atomic mass is 10.0. The van der Waals surface area contributed by atoms with Gasteiger partial charge in [0.2, 0.25) is 5.78 Å². The van der Waals surface area contributed by atoms with Crippen molar-refractivity contribution in [1.82, 2.24) is 4.57 Å². The number of carboxylic acids is 1. The molecule has 0 amide bonds. The fraction of sp³-hybridized carbons (Fsp3) is 0.143. The summed E-state index contributed by atoms with van der Waals surface area (Å²) in [6.07, 6.45) is 1.34. The van der Waals surface area contributed by atoms with Crippen molar-refractivity contribution in [2.75, 3.05) is 7.11 Å². The van der Waals surface area contributed by atoms with E-state index in [1.165, 1.54) is 43.1 Å². The molecule has 0 unspecified atom stereocenters. The molecular weight excluding hydrogens is 265 g/mol. The zero-order valence-corrected chi connectivity index (χ0v) is 10.9. The van der Waals surface area contributed by atoms with Gasteiger partial charge in [-0.15, -0.1) is 0 Å². The molecular formula is C14H12FNO4. The summed E-state index contributed by atoms with van der Waals surface area (Å²) >= 11 is 0. The number of aromatic carboxylic acids is 1. The lowest BCUT2D eigenvalue weighted by molar-refractivity contribution is 0.0686. The smallest absolute Gasteiger partial charge is 0.352 e. The predicted molar refractivity (Wildman–Crippen MR) is 68.8 cm³/mol. The average Bonchev–Trinajstić information content (AvgIpc) is 2.80. The molecule has 0 aliphatic heterocycles. The van der Waals surface area contributed by atoms with Gasteiger partial charge in [0.25, 0.3) is 0 Å². The fourth-order valence-electron chi connectivity index (χ4n) is 1.94. The highest BCUT2D eigenvalue weighted by molar-refractivity contribution is 6.11. The van der Waals surface area contributed by atoms with E-state index in [0.29, 0.717) is 0 Å². The van der Waals surface area contributed by atoms with Gasteiger partial charge < -0.3 is 14.4 Å². The second-order valence-corrected chi connectivity index (χ2v) is 4.18. The number of aryl methyl sites for hydroxylation is 1. The molecule has 1 aromatic carbocycles. The summed E-state index contributed by atoms with van der Waals surface area (Å²) < 4.78 is 20.1. The second kappa shape index (κ2) is 5.16. The van der Waals surface area contributed by atoms with Crippen molar-refractivity contribution in [3.05, 3.63) is 53.1 Å². The van der Waals surface area contributed by atoms with Crippen LogP contribution in [0.15, 0.2) is 30.5 Å². The first-order valence-electron chi connectivity index (χ1n) is 5.72. The van der Waals surface area contributed by atoms with Crippen molar-refractivity contribution >= 4 is 11.8 Å². The van der Waals surface area contributed by atoms with Crippen molar-refractivity contribution in [1.29, 1.82) is 0 Å². The number of methoxy groups -OCH3 is 1. The van der Waals surface area contributed by atoms with Gasteiger partial charge in [0.15, 0.2) is 0 Å². The van der Waals surface area contributed by atoms with Crippen LogP contribution >= 0.6 is 0 Å². The van der Waals surface area contributed by atoms with E-state index in [1.54, 1.807) is 0 Å². The van der Waals surface area contributed by atoms with E-state index in [4.69, 9.17) is 9.84 Å². The van der Waals surface area contributed by atoms with Gasteiger partial charge in [0.1, 0.15) is 22.8 Å². The standard InChI is InChI=1S/C14H12FNO4/c1-16-7-8(6-10(16)14(18)19)13(17)12-9(15)4-3-5-11(12)20-2/h3-7H,1-2H3,(H,18,19). The van der Waals surface area contributed by atoms with Crippen molar-refractivity contribution in [2.45, 2.75) is 0 Å². The molecule has 1 aromatic heterocycles. The normalized spacial score (nSPS) is 10.3. The summed E-state index contributed by atoms with van der Waals surface area (Å²) in [6, 6.07) is 5.25. The van der Waals surface area contributed by atoms with E-state index in [-0.39, 0.29) is 22.6 Å². The monoisotopic (exact) mass is 277 g/mol. The van der Waals surface area contributed by atoms with Crippen LogP contribution < -0.4 is 4.74 Å². The molecule has 1 N–H and O–H groups in total. The van der Waals surface area contributed by atoms with Gasteiger partial charge in [-0.1, -0.05) is 6.07 Å². The first kappa shape index (κ1) is 13.8. The number of halogens is 1. The quantitative estimate of drug-likeness (QED) is 0.869. The minimum atomic E-state index is -1.16. The topological polar surface area (TPSA) is 68.5 Å². The summed E-state index contributed by atoms with van der Waals surface area (Å²) in [4.78, 5) is 23.3. The molecule has 20 heavy (non-hydrogen) atoms. The Morgan fingerprint density at radius 1 is 1.35 bits per heavy atom. The Labute approximate surface area is 114 Å². The number of nitrogens with zero attached hydrogens (tertiary/aromatic N) is 1. The summed E-state index contributed by atoms with van der Waals surface area (Å²) in [7, 11) is 2.83. The van der Waals surface area contributed by atoms with Gasteiger partial charge in [0.05, 0.1) is 7.11 Å². The zero-order chi connectivity index (χ0) is 14.9. The molecule has 0 saturated carbocycles. The number of ether oxygens (including phenoxy) is 1. The first-order chi connectivity index (χ1) is 9.45. The number of hydrogen-bond donors (Lipinski definition) is 1. The molecule has 2 rings (SSSR count). The highest BCUT2D eigenvalue weighted by atomic mass is 19.1. The van der Waals surface area contributed by atoms with Gasteiger partial charge >= 0.3 is 5.97 Å². The molecule has 0 spiro atoms. The van der Waals surface area contributed by atoms with E-state index in [9.17, 15) is 14.0 Å². The third kappa shape index (κ3) is 2.27. The van der Waals surface area contributed by atoms with Crippen LogP contribution in [0, 0.1) is 5.82 Å². The van der Waals surface area contributed by atoms with Crippen LogP contribution in [-0.2, 0) is 7.05 Å². The summed E-state index contributed by atoms with van der Waals surface area (Å²) in [6.45, 7) is 0. The van der Waals surface area contributed by atoms with Crippen molar-refractivity contribution in [2.24, 2.45) is 7.05 Å². The summed E-state index contributed by atoms with van der Waals surface area (Å²) in [5.74, 6) is -2.39. The average molecular weight is 277 g/mol. The molecule has 0 radical (unpaired) electrons. The fourth-order valence-corrected chi connectivity index (χ4v) is 1.94. The predicted octanol–water partition coefficient (Wildman–Crippen LogP) is 2.10. The lowest BCUT2D eigenvalue weighted by Gasteiger charge is -2.07. The Bertz CT molecular complexity index is 690. The van der Waals surface area contributed by atoms with E-state index >= 15 is 0 Å². The number of hydrogen-bond acceptors (Lipinski definition) is 3. The molecule has 0 fully saturated rings.